The number of aromatic nitrogens is 3. The van der Waals surface area contributed by atoms with Crippen molar-refractivity contribution in [2.75, 3.05) is 24.8 Å². The molecule has 0 saturated heterocycles. The molecule has 0 unspecified atom stereocenters. The Kier molecular flexibility index (Phi) is 8.02. The average molecular weight is 541 g/mol. The van der Waals surface area contributed by atoms with Crippen molar-refractivity contribution in [1.82, 2.24) is 20.3 Å². The summed E-state index contributed by atoms with van der Waals surface area (Å²) in [6.45, 7) is 0. The van der Waals surface area contributed by atoms with Crippen molar-refractivity contribution in [3.8, 4) is 17.1 Å². The number of rotatable bonds is 10. The lowest BCUT2D eigenvalue weighted by Gasteiger charge is -2.17. The lowest BCUT2D eigenvalue weighted by atomic mass is 10.1. The van der Waals surface area contributed by atoms with Gasteiger partial charge in [0.25, 0.3) is 5.91 Å². The normalized spacial score (nSPS) is 12.5. The van der Waals surface area contributed by atoms with Crippen LogP contribution in [0.4, 0.5) is 17.2 Å². The molecule has 0 aliphatic heterocycles. The summed E-state index contributed by atoms with van der Waals surface area (Å²) in [4.78, 5) is 39.2. The molecule has 3 N–H and O–H groups in total. The molecule has 1 fully saturated rings. The Hall–Kier alpha value is -4.44. The highest BCUT2D eigenvalue weighted by atomic mass is 32.2. The minimum Gasteiger partial charge on any atom is -0.494 e. The van der Waals surface area contributed by atoms with E-state index in [1.165, 1.54) is 11.8 Å². The third kappa shape index (κ3) is 6.35. The maximum Gasteiger partial charge on any atom is 0.254 e. The van der Waals surface area contributed by atoms with Gasteiger partial charge in [0.05, 0.1) is 29.6 Å². The Morgan fingerprint density at radius 1 is 0.974 bits per heavy atom. The van der Waals surface area contributed by atoms with Crippen LogP contribution in [0.15, 0.2) is 78.1 Å². The van der Waals surface area contributed by atoms with Gasteiger partial charge in [-0.3, -0.25) is 9.59 Å². The van der Waals surface area contributed by atoms with Crippen molar-refractivity contribution in [2.24, 2.45) is 5.92 Å². The SMILES string of the molecule is CNC(=O)c1cnc(NC(=O)C2CC2)cc1Nc1cccc(-c2ncc(SCc3ccccc3)cn2)c1OC. The number of benzene rings is 2. The predicted molar refractivity (Wildman–Crippen MR) is 152 cm³/mol. The summed E-state index contributed by atoms with van der Waals surface area (Å²) in [7, 11) is 3.12. The molecule has 1 aliphatic carbocycles. The minimum absolute atomic E-state index is 0.0294. The molecular weight excluding hydrogens is 512 g/mol. The molecule has 9 nitrogen and oxygen atoms in total. The van der Waals surface area contributed by atoms with Crippen LogP contribution < -0.4 is 20.7 Å². The molecule has 0 radical (unpaired) electrons. The van der Waals surface area contributed by atoms with Crippen molar-refractivity contribution in [1.29, 1.82) is 0 Å². The molecule has 198 valence electrons. The van der Waals surface area contributed by atoms with E-state index in [2.05, 4.69) is 43.0 Å². The number of hydrogen-bond acceptors (Lipinski definition) is 8. The van der Waals surface area contributed by atoms with Crippen LogP contribution in [0.1, 0.15) is 28.8 Å². The fraction of sp³-hybridized carbons (Fsp3) is 0.207. The number of para-hydroxylation sites is 1. The predicted octanol–water partition coefficient (Wildman–Crippen LogP) is 5.29. The van der Waals surface area contributed by atoms with Gasteiger partial charge in [-0.05, 0) is 30.5 Å². The van der Waals surface area contributed by atoms with E-state index in [4.69, 9.17) is 4.74 Å². The van der Waals surface area contributed by atoms with Crippen molar-refractivity contribution < 1.29 is 14.3 Å². The van der Waals surface area contributed by atoms with Crippen LogP contribution in [-0.2, 0) is 10.5 Å². The van der Waals surface area contributed by atoms with Crippen LogP contribution in [0, 0.1) is 5.92 Å². The number of amides is 2. The largest absolute Gasteiger partial charge is 0.494 e. The van der Waals surface area contributed by atoms with Gasteiger partial charge >= 0.3 is 0 Å². The molecule has 2 heterocycles. The number of nitrogens with zero attached hydrogens (tertiary/aromatic N) is 3. The smallest absolute Gasteiger partial charge is 0.254 e. The number of ether oxygens (including phenoxy) is 1. The van der Waals surface area contributed by atoms with Crippen molar-refractivity contribution in [3.05, 3.63) is 84.3 Å². The molecule has 10 heteroatoms. The van der Waals surface area contributed by atoms with Crippen molar-refractivity contribution in [2.45, 2.75) is 23.5 Å². The molecule has 2 amide bonds. The molecule has 5 rings (SSSR count). The van der Waals surface area contributed by atoms with Gasteiger partial charge in [-0.25, -0.2) is 15.0 Å². The van der Waals surface area contributed by atoms with E-state index in [0.717, 1.165) is 23.5 Å². The van der Waals surface area contributed by atoms with Crippen LogP contribution in [-0.4, -0.2) is 40.9 Å². The maximum absolute atomic E-state index is 12.6. The number of methoxy groups -OCH3 is 1. The first-order chi connectivity index (χ1) is 19.1. The number of pyridine rings is 1. The van der Waals surface area contributed by atoms with Crippen LogP contribution in [0.5, 0.6) is 5.75 Å². The summed E-state index contributed by atoms with van der Waals surface area (Å²) < 4.78 is 5.77. The first kappa shape index (κ1) is 26.2. The van der Waals surface area contributed by atoms with Crippen LogP contribution in [0.2, 0.25) is 0 Å². The van der Waals surface area contributed by atoms with E-state index in [0.29, 0.717) is 39.9 Å². The first-order valence-electron chi connectivity index (χ1n) is 12.5. The second-order valence-corrected chi connectivity index (χ2v) is 10.0. The number of nitrogens with one attached hydrogen (secondary N) is 3. The quantitative estimate of drug-likeness (QED) is 0.232. The summed E-state index contributed by atoms with van der Waals surface area (Å²) in [5.41, 5.74) is 3.33. The zero-order valence-corrected chi connectivity index (χ0v) is 22.4. The second kappa shape index (κ2) is 12.0. The molecule has 2 aromatic heterocycles. The number of carbonyl (C=O) groups is 2. The fourth-order valence-corrected chi connectivity index (χ4v) is 4.74. The number of hydrogen-bond donors (Lipinski definition) is 3. The van der Waals surface area contributed by atoms with Gasteiger partial charge in [-0.1, -0.05) is 36.4 Å². The molecule has 0 bridgehead atoms. The van der Waals surface area contributed by atoms with Gasteiger partial charge in [-0.2, -0.15) is 0 Å². The highest BCUT2D eigenvalue weighted by Gasteiger charge is 2.30. The highest BCUT2D eigenvalue weighted by Crippen LogP contribution is 2.38. The summed E-state index contributed by atoms with van der Waals surface area (Å²) in [5.74, 6) is 1.87. The zero-order valence-electron chi connectivity index (χ0n) is 21.6. The average Bonchev–Trinajstić information content (AvgIpc) is 3.83. The molecule has 0 atom stereocenters. The van der Waals surface area contributed by atoms with Gasteiger partial charge < -0.3 is 20.7 Å². The molecule has 1 aliphatic rings. The highest BCUT2D eigenvalue weighted by molar-refractivity contribution is 7.98. The zero-order chi connectivity index (χ0) is 27.2. The number of carbonyl (C=O) groups excluding carboxylic acids is 2. The summed E-state index contributed by atoms with van der Waals surface area (Å²) >= 11 is 1.67. The van der Waals surface area contributed by atoms with Gasteiger partial charge in [0.1, 0.15) is 5.82 Å². The summed E-state index contributed by atoms with van der Waals surface area (Å²) in [5, 5.41) is 8.75. The first-order valence-corrected chi connectivity index (χ1v) is 13.5. The fourth-order valence-electron chi connectivity index (χ4n) is 3.96. The van der Waals surface area contributed by atoms with E-state index >= 15 is 0 Å². The minimum atomic E-state index is -0.313. The lowest BCUT2D eigenvalue weighted by Crippen LogP contribution is -2.20. The van der Waals surface area contributed by atoms with E-state index in [-0.39, 0.29) is 17.7 Å². The summed E-state index contributed by atoms with van der Waals surface area (Å²) in [6.07, 6.45) is 6.81. The Morgan fingerprint density at radius 3 is 2.44 bits per heavy atom. The third-order valence-corrected chi connectivity index (χ3v) is 7.20. The van der Waals surface area contributed by atoms with E-state index in [1.807, 2.05) is 36.4 Å². The standard InChI is InChI=1S/C29H28N6O3S/c1-30-29(37)22-16-31-25(35-28(36)19-11-12-19)13-24(22)34-23-10-6-9-21(26(23)38-2)27-32-14-20(15-33-27)39-17-18-7-4-3-5-8-18/h3-10,13-16,19H,11-12,17H2,1-2H3,(H,30,37)(H2,31,34,35,36). The van der Waals surface area contributed by atoms with Crippen molar-refractivity contribution >= 4 is 40.8 Å². The molecule has 1 saturated carbocycles. The Balaban J connectivity index is 1.39. The molecule has 2 aromatic carbocycles. The van der Waals surface area contributed by atoms with Crippen molar-refractivity contribution in [3.63, 3.8) is 0 Å². The Morgan fingerprint density at radius 2 is 1.74 bits per heavy atom. The van der Waals surface area contributed by atoms with Crippen LogP contribution in [0.3, 0.4) is 0 Å². The Bertz CT molecular complexity index is 1480. The van der Waals surface area contributed by atoms with E-state index < -0.39 is 0 Å². The van der Waals surface area contributed by atoms with E-state index in [1.54, 1.807) is 44.4 Å². The third-order valence-electron chi connectivity index (χ3n) is 6.18. The van der Waals surface area contributed by atoms with Gasteiger partial charge in [0, 0.05) is 48.3 Å². The molecule has 0 spiro atoms. The summed E-state index contributed by atoms with van der Waals surface area (Å²) in [6, 6.07) is 17.5. The molecular formula is C29H28N6O3S. The monoisotopic (exact) mass is 540 g/mol. The Labute approximate surface area is 230 Å². The van der Waals surface area contributed by atoms with Gasteiger partial charge in [0.2, 0.25) is 5.91 Å². The van der Waals surface area contributed by atoms with Crippen LogP contribution >= 0.6 is 11.8 Å². The molecule has 4 aromatic rings. The topological polar surface area (TPSA) is 118 Å². The van der Waals surface area contributed by atoms with Gasteiger partial charge in [-0.15, -0.1) is 11.8 Å². The molecule has 39 heavy (non-hydrogen) atoms. The number of anilines is 3. The number of thioether (sulfide) groups is 1. The van der Waals surface area contributed by atoms with Crippen LogP contribution in [0.25, 0.3) is 11.4 Å². The lowest BCUT2D eigenvalue weighted by molar-refractivity contribution is -0.117. The second-order valence-electron chi connectivity index (χ2n) is 8.99. The maximum atomic E-state index is 12.6. The van der Waals surface area contributed by atoms with Gasteiger partial charge in [0.15, 0.2) is 11.6 Å². The van der Waals surface area contributed by atoms with E-state index in [9.17, 15) is 9.59 Å².